The van der Waals surface area contributed by atoms with Gasteiger partial charge in [-0.3, -0.25) is 0 Å². The van der Waals surface area contributed by atoms with E-state index < -0.39 is 0 Å². The van der Waals surface area contributed by atoms with Crippen LogP contribution in [0.15, 0.2) is 22.8 Å². The summed E-state index contributed by atoms with van der Waals surface area (Å²) < 4.78 is 11.1. The molecule has 3 heteroatoms. The average Bonchev–Trinajstić information content (AvgIpc) is 2.73. The van der Waals surface area contributed by atoms with Crippen LogP contribution in [-0.2, 0) is 17.6 Å². The van der Waals surface area contributed by atoms with E-state index in [1.807, 2.05) is 12.1 Å². The number of carbonyl (C=O) groups is 1. The molecule has 1 aliphatic heterocycles. The van der Waals surface area contributed by atoms with E-state index in [9.17, 15) is 4.79 Å². The topological polar surface area (TPSA) is 39.4 Å². The van der Waals surface area contributed by atoms with Crippen LogP contribution in [0.1, 0.15) is 17.5 Å². The van der Waals surface area contributed by atoms with Crippen molar-refractivity contribution < 1.29 is 13.9 Å². The Balaban J connectivity index is 2.26. The lowest BCUT2D eigenvalue weighted by Crippen LogP contribution is -2.08. The minimum absolute atomic E-state index is 0.406. The van der Waals surface area contributed by atoms with Crippen LogP contribution < -0.4 is 4.74 Å². The van der Waals surface area contributed by atoms with E-state index in [1.165, 1.54) is 5.56 Å². The molecule has 2 heterocycles. The van der Waals surface area contributed by atoms with Crippen LogP contribution in [0.3, 0.4) is 0 Å². The molecule has 0 spiro atoms. The highest BCUT2D eigenvalue weighted by Gasteiger charge is 2.17. The van der Waals surface area contributed by atoms with Crippen molar-refractivity contribution in [2.45, 2.75) is 19.3 Å². The van der Waals surface area contributed by atoms with Crippen LogP contribution in [-0.4, -0.2) is 12.9 Å². The van der Waals surface area contributed by atoms with Crippen molar-refractivity contribution in [2.75, 3.05) is 6.61 Å². The number of aldehydes is 1. The fourth-order valence-corrected chi connectivity index (χ4v) is 2.31. The van der Waals surface area contributed by atoms with Crippen LogP contribution in [0.25, 0.3) is 11.0 Å². The van der Waals surface area contributed by atoms with Crippen molar-refractivity contribution in [3.05, 3.63) is 29.5 Å². The molecule has 0 radical (unpaired) electrons. The van der Waals surface area contributed by atoms with Gasteiger partial charge < -0.3 is 13.9 Å². The highest BCUT2D eigenvalue weighted by Crippen LogP contribution is 2.35. The molecular formula is C13H12O3. The smallest absolute Gasteiger partial charge is 0.134 e. The van der Waals surface area contributed by atoms with Gasteiger partial charge in [-0.05, 0) is 25.0 Å². The summed E-state index contributed by atoms with van der Waals surface area (Å²) in [7, 11) is 0. The van der Waals surface area contributed by atoms with E-state index in [-0.39, 0.29) is 0 Å². The molecule has 0 fully saturated rings. The van der Waals surface area contributed by atoms with Gasteiger partial charge in [0.25, 0.3) is 0 Å². The van der Waals surface area contributed by atoms with Gasteiger partial charge in [0.15, 0.2) is 0 Å². The lowest BCUT2D eigenvalue weighted by Gasteiger charge is -2.17. The zero-order valence-corrected chi connectivity index (χ0v) is 8.86. The van der Waals surface area contributed by atoms with Crippen molar-refractivity contribution in [2.24, 2.45) is 0 Å². The molecule has 16 heavy (non-hydrogen) atoms. The Morgan fingerprint density at radius 2 is 2.31 bits per heavy atom. The van der Waals surface area contributed by atoms with Crippen LogP contribution in [0, 0.1) is 0 Å². The molecule has 0 saturated carbocycles. The fourth-order valence-electron chi connectivity index (χ4n) is 2.31. The van der Waals surface area contributed by atoms with Gasteiger partial charge in [-0.2, -0.15) is 0 Å². The van der Waals surface area contributed by atoms with Crippen LogP contribution in [0.5, 0.6) is 5.75 Å². The maximum atomic E-state index is 10.6. The Labute approximate surface area is 93.0 Å². The molecule has 0 unspecified atom stereocenters. The van der Waals surface area contributed by atoms with Gasteiger partial charge in [0.05, 0.1) is 12.9 Å². The number of carbonyl (C=O) groups excluding carboxylic acids is 1. The second-order valence-corrected chi connectivity index (χ2v) is 4.00. The van der Waals surface area contributed by atoms with Crippen LogP contribution in [0.4, 0.5) is 0 Å². The molecule has 3 nitrogen and oxygen atoms in total. The number of hydrogen-bond acceptors (Lipinski definition) is 3. The lowest BCUT2D eigenvalue weighted by atomic mass is 9.98. The molecule has 1 aromatic carbocycles. The molecule has 1 aliphatic rings. The summed E-state index contributed by atoms with van der Waals surface area (Å²) in [6, 6.07) is 3.86. The lowest BCUT2D eigenvalue weighted by molar-refractivity contribution is -0.107. The monoisotopic (exact) mass is 216 g/mol. The van der Waals surface area contributed by atoms with Gasteiger partial charge in [0.1, 0.15) is 17.6 Å². The quantitative estimate of drug-likeness (QED) is 0.724. The molecular weight excluding hydrogens is 204 g/mol. The minimum Gasteiger partial charge on any atom is -0.493 e. The summed E-state index contributed by atoms with van der Waals surface area (Å²) in [5.41, 5.74) is 3.00. The molecule has 0 amide bonds. The SMILES string of the molecule is O=CCc1coc2ccc3c(c12)CCCO3. The first-order valence-corrected chi connectivity index (χ1v) is 5.48. The van der Waals surface area contributed by atoms with Crippen LogP contribution >= 0.6 is 0 Å². The summed E-state index contributed by atoms with van der Waals surface area (Å²) in [6.07, 6.45) is 5.01. The number of aryl methyl sites for hydroxylation is 1. The van der Waals surface area contributed by atoms with E-state index in [0.717, 1.165) is 48.0 Å². The number of fused-ring (bicyclic) bond motifs is 3. The van der Waals surface area contributed by atoms with E-state index in [4.69, 9.17) is 9.15 Å². The minimum atomic E-state index is 0.406. The molecule has 0 N–H and O–H groups in total. The maximum Gasteiger partial charge on any atom is 0.134 e. The van der Waals surface area contributed by atoms with Gasteiger partial charge in [-0.1, -0.05) is 0 Å². The van der Waals surface area contributed by atoms with E-state index in [0.29, 0.717) is 6.42 Å². The first-order chi connectivity index (χ1) is 7.90. The normalized spacial score (nSPS) is 14.5. The molecule has 82 valence electrons. The summed E-state index contributed by atoms with van der Waals surface area (Å²) in [5, 5.41) is 1.07. The number of benzene rings is 1. The third kappa shape index (κ3) is 1.32. The Morgan fingerprint density at radius 1 is 1.38 bits per heavy atom. The zero-order valence-electron chi connectivity index (χ0n) is 8.86. The molecule has 1 aromatic heterocycles. The van der Waals surface area contributed by atoms with Gasteiger partial charge >= 0.3 is 0 Å². The fraction of sp³-hybridized carbons (Fsp3) is 0.308. The van der Waals surface area contributed by atoms with E-state index in [2.05, 4.69) is 0 Å². The second kappa shape index (κ2) is 3.67. The molecule has 0 saturated heterocycles. The number of hydrogen-bond donors (Lipinski definition) is 0. The number of furan rings is 1. The first-order valence-electron chi connectivity index (χ1n) is 5.48. The zero-order chi connectivity index (χ0) is 11.0. The highest BCUT2D eigenvalue weighted by molar-refractivity contribution is 5.88. The summed E-state index contributed by atoms with van der Waals surface area (Å²) in [4.78, 5) is 10.6. The Bertz CT molecular complexity index is 539. The van der Waals surface area contributed by atoms with Crippen molar-refractivity contribution >= 4 is 17.3 Å². The predicted octanol–water partition coefficient (Wildman–Crippen LogP) is 2.50. The Kier molecular flexibility index (Phi) is 2.17. The summed E-state index contributed by atoms with van der Waals surface area (Å²) in [5.74, 6) is 0.937. The largest absolute Gasteiger partial charge is 0.493 e. The standard InChI is InChI=1S/C13H12O3/c14-6-5-9-8-16-12-4-3-11-10(13(9)12)2-1-7-15-11/h3-4,6,8H,1-2,5,7H2. The van der Waals surface area contributed by atoms with E-state index in [1.54, 1.807) is 6.26 Å². The van der Waals surface area contributed by atoms with Crippen LogP contribution in [0.2, 0.25) is 0 Å². The molecule has 2 aromatic rings. The summed E-state index contributed by atoms with van der Waals surface area (Å²) >= 11 is 0. The molecule has 0 bridgehead atoms. The van der Waals surface area contributed by atoms with Gasteiger partial charge in [-0.25, -0.2) is 0 Å². The average molecular weight is 216 g/mol. The van der Waals surface area contributed by atoms with Crippen molar-refractivity contribution in [3.63, 3.8) is 0 Å². The van der Waals surface area contributed by atoms with Crippen molar-refractivity contribution in [1.29, 1.82) is 0 Å². The van der Waals surface area contributed by atoms with E-state index >= 15 is 0 Å². The number of rotatable bonds is 2. The predicted molar refractivity (Wildman–Crippen MR) is 59.8 cm³/mol. The highest BCUT2D eigenvalue weighted by atomic mass is 16.5. The van der Waals surface area contributed by atoms with Crippen molar-refractivity contribution in [3.8, 4) is 5.75 Å². The first kappa shape index (κ1) is 9.46. The third-order valence-corrected chi connectivity index (χ3v) is 3.01. The number of ether oxygens (including phenoxy) is 1. The Hall–Kier alpha value is -1.77. The van der Waals surface area contributed by atoms with Gasteiger partial charge in [-0.15, -0.1) is 0 Å². The van der Waals surface area contributed by atoms with Gasteiger partial charge in [0.2, 0.25) is 0 Å². The molecule has 3 rings (SSSR count). The van der Waals surface area contributed by atoms with Crippen molar-refractivity contribution in [1.82, 2.24) is 0 Å². The second-order valence-electron chi connectivity index (χ2n) is 4.00. The summed E-state index contributed by atoms with van der Waals surface area (Å²) in [6.45, 7) is 0.777. The molecule has 0 aliphatic carbocycles. The molecule has 0 atom stereocenters. The maximum absolute atomic E-state index is 10.6. The third-order valence-electron chi connectivity index (χ3n) is 3.01. The van der Waals surface area contributed by atoms with Gasteiger partial charge in [0, 0.05) is 22.9 Å². The Morgan fingerprint density at radius 3 is 3.19 bits per heavy atom.